The number of nitrogens with two attached hydrogens (primary N) is 1. The molecule has 18 heavy (non-hydrogen) atoms. The molecule has 100 valence electrons. The quantitative estimate of drug-likeness (QED) is 0.609. The van der Waals surface area contributed by atoms with E-state index < -0.39 is 0 Å². The number of amides is 1. The second-order valence-electron chi connectivity index (χ2n) is 4.30. The van der Waals surface area contributed by atoms with Gasteiger partial charge in [-0.3, -0.25) is 4.79 Å². The molecule has 0 heterocycles. The minimum atomic E-state index is 0.140. The highest BCUT2D eigenvalue weighted by atomic mass is 32.2. The lowest BCUT2D eigenvalue weighted by atomic mass is 10.2. The Balaban J connectivity index is 2.34. The fourth-order valence-corrected chi connectivity index (χ4v) is 2.47. The van der Waals surface area contributed by atoms with Gasteiger partial charge in [0.25, 0.3) is 0 Å². The molecule has 0 saturated heterocycles. The van der Waals surface area contributed by atoms with Crippen LogP contribution in [0.2, 0.25) is 0 Å². The summed E-state index contributed by atoms with van der Waals surface area (Å²) in [6.45, 7) is 2.19. The van der Waals surface area contributed by atoms with Crippen LogP contribution in [0.4, 0.5) is 11.4 Å². The fourth-order valence-electron chi connectivity index (χ4n) is 1.55. The van der Waals surface area contributed by atoms with Crippen LogP contribution in [0, 0.1) is 0 Å². The van der Waals surface area contributed by atoms with E-state index in [2.05, 4.69) is 6.92 Å². The molecule has 1 rings (SSSR count). The molecule has 1 aromatic carbocycles. The number of nitrogen functional groups attached to an aromatic ring is 1. The summed E-state index contributed by atoms with van der Waals surface area (Å²) in [6, 6.07) is 7.37. The standard InChI is InChI=1S/C14H22N2OS/c1-3-4-5-10-18-11-14(17)16(2)13-8-6-12(15)7-9-13/h6-9H,3-5,10-11,15H2,1-2H3. The number of hydrogen-bond donors (Lipinski definition) is 1. The van der Waals surface area contributed by atoms with Gasteiger partial charge in [0.1, 0.15) is 0 Å². The first-order chi connectivity index (χ1) is 8.65. The number of carbonyl (C=O) groups is 1. The van der Waals surface area contributed by atoms with Crippen LogP contribution in [0.15, 0.2) is 24.3 Å². The van der Waals surface area contributed by atoms with Crippen molar-refractivity contribution in [2.75, 3.05) is 29.2 Å². The number of carbonyl (C=O) groups excluding carboxylic acids is 1. The van der Waals surface area contributed by atoms with Crippen molar-refractivity contribution in [2.45, 2.75) is 26.2 Å². The Morgan fingerprint density at radius 2 is 1.94 bits per heavy atom. The van der Waals surface area contributed by atoms with Crippen molar-refractivity contribution >= 4 is 29.0 Å². The molecule has 0 aliphatic rings. The van der Waals surface area contributed by atoms with Gasteiger partial charge < -0.3 is 10.6 Å². The molecular weight excluding hydrogens is 244 g/mol. The Labute approximate surface area is 114 Å². The van der Waals surface area contributed by atoms with Crippen molar-refractivity contribution in [3.8, 4) is 0 Å². The third kappa shape index (κ3) is 5.00. The molecule has 0 radical (unpaired) electrons. The highest BCUT2D eigenvalue weighted by molar-refractivity contribution is 7.99. The molecule has 1 aromatic rings. The smallest absolute Gasteiger partial charge is 0.236 e. The molecule has 3 nitrogen and oxygen atoms in total. The Morgan fingerprint density at radius 1 is 1.28 bits per heavy atom. The lowest BCUT2D eigenvalue weighted by molar-refractivity contribution is -0.115. The predicted octanol–water partition coefficient (Wildman–Crippen LogP) is 3.16. The van der Waals surface area contributed by atoms with Crippen LogP contribution in [-0.4, -0.2) is 24.5 Å². The molecule has 0 fully saturated rings. The molecular formula is C14H22N2OS. The first kappa shape index (κ1) is 14.9. The summed E-state index contributed by atoms with van der Waals surface area (Å²) < 4.78 is 0. The van der Waals surface area contributed by atoms with Crippen molar-refractivity contribution in [3.63, 3.8) is 0 Å². The van der Waals surface area contributed by atoms with Crippen LogP contribution < -0.4 is 10.6 Å². The van der Waals surface area contributed by atoms with Crippen LogP contribution in [0.5, 0.6) is 0 Å². The van der Waals surface area contributed by atoms with Crippen molar-refractivity contribution in [2.24, 2.45) is 0 Å². The SMILES string of the molecule is CCCCCSCC(=O)N(C)c1ccc(N)cc1. The van der Waals surface area contributed by atoms with E-state index in [1.165, 1.54) is 19.3 Å². The summed E-state index contributed by atoms with van der Waals surface area (Å²) in [5.41, 5.74) is 7.23. The summed E-state index contributed by atoms with van der Waals surface area (Å²) in [5, 5.41) is 0. The van der Waals surface area contributed by atoms with E-state index in [0.717, 1.165) is 11.4 Å². The van der Waals surface area contributed by atoms with E-state index in [0.29, 0.717) is 11.4 Å². The van der Waals surface area contributed by atoms with Gasteiger partial charge in [0.15, 0.2) is 0 Å². The summed E-state index contributed by atoms with van der Waals surface area (Å²) in [6.07, 6.45) is 3.66. The van der Waals surface area contributed by atoms with Crippen molar-refractivity contribution in [1.82, 2.24) is 0 Å². The number of benzene rings is 1. The first-order valence-electron chi connectivity index (χ1n) is 6.35. The lowest BCUT2D eigenvalue weighted by Crippen LogP contribution is -2.28. The number of unbranched alkanes of at least 4 members (excludes halogenated alkanes) is 2. The maximum Gasteiger partial charge on any atom is 0.236 e. The van der Waals surface area contributed by atoms with E-state index in [1.54, 1.807) is 23.7 Å². The van der Waals surface area contributed by atoms with Gasteiger partial charge in [0.05, 0.1) is 5.75 Å². The molecule has 4 heteroatoms. The topological polar surface area (TPSA) is 46.3 Å². The summed E-state index contributed by atoms with van der Waals surface area (Å²) in [4.78, 5) is 13.6. The van der Waals surface area contributed by atoms with Crippen LogP contribution in [0.3, 0.4) is 0 Å². The van der Waals surface area contributed by atoms with Crippen molar-refractivity contribution in [1.29, 1.82) is 0 Å². The van der Waals surface area contributed by atoms with E-state index in [-0.39, 0.29) is 5.91 Å². The molecule has 0 unspecified atom stereocenters. The lowest BCUT2D eigenvalue weighted by Gasteiger charge is -2.17. The zero-order valence-electron chi connectivity index (χ0n) is 11.2. The minimum absolute atomic E-state index is 0.140. The van der Waals surface area contributed by atoms with Gasteiger partial charge in [-0.15, -0.1) is 0 Å². The summed E-state index contributed by atoms with van der Waals surface area (Å²) in [7, 11) is 1.81. The largest absolute Gasteiger partial charge is 0.399 e. The van der Waals surface area contributed by atoms with E-state index in [1.807, 2.05) is 24.3 Å². The van der Waals surface area contributed by atoms with Gasteiger partial charge in [-0.25, -0.2) is 0 Å². The van der Waals surface area contributed by atoms with Crippen LogP contribution in [-0.2, 0) is 4.79 Å². The van der Waals surface area contributed by atoms with E-state index in [4.69, 9.17) is 5.73 Å². The normalized spacial score (nSPS) is 10.3. The average Bonchev–Trinajstić information content (AvgIpc) is 2.38. The van der Waals surface area contributed by atoms with Gasteiger partial charge >= 0.3 is 0 Å². The molecule has 0 saturated carbocycles. The zero-order chi connectivity index (χ0) is 13.4. The molecule has 0 aliphatic carbocycles. The number of rotatable bonds is 7. The number of anilines is 2. The van der Waals surface area contributed by atoms with Crippen LogP contribution in [0.1, 0.15) is 26.2 Å². The molecule has 0 aromatic heterocycles. The summed E-state index contributed by atoms with van der Waals surface area (Å²) >= 11 is 1.71. The predicted molar refractivity (Wildman–Crippen MR) is 81.1 cm³/mol. The molecule has 0 atom stereocenters. The second-order valence-corrected chi connectivity index (χ2v) is 5.41. The Bertz CT molecular complexity index is 365. The maximum atomic E-state index is 11.9. The Hall–Kier alpha value is -1.16. The van der Waals surface area contributed by atoms with Gasteiger partial charge in [0.2, 0.25) is 5.91 Å². The number of nitrogens with zero attached hydrogens (tertiary/aromatic N) is 1. The van der Waals surface area contributed by atoms with Gasteiger partial charge in [0, 0.05) is 18.4 Å². The zero-order valence-corrected chi connectivity index (χ0v) is 12.0. The van der Waals surface area contributed by atoms with E-state index >= 15 is 0 Å². The van der Waals surface area contributed by atoms with E-state index in [9.17, 15) is 4.79 Å². The van der Waals surface area contributed by atoms with Gasteiger partial charge in [-0.1, -0.05) is 19.8 Å². The second kappa shape index (κ2) is 8.03. The third-order valence-electron chi connectivity index (χ3n) is 2.77. The molecule has 2 N–H and O–H groups in total. The molecule has 0 aliphatic heterocycles. The Morgan fingerprint density at radius 3 is 2.56 bits per heavy atom. The monoisotopic (exact) mass is 266 g/mol. The summed E-state index contributed by atoms with van der Waals surface area (Å²) in [5.74, 6) is 1.75. The first-order valence-corrected chi connectivity index (χ1v) is 7.50. The maximum absolute atomic E-state index is 11.9. The van der Waals surface area contributed by atoms with Gasteiger partial charge in [-0.05, 0) is 36.4 Å². The Kier molecular flexibility index (Phi) is 6.65. The molecule has 0 spiro atoms. The highest BCUT2D eigenvalue weighted by Gasteiger charge is 2.10. The third-order valence-corrected chi connectivity index (χ3v) is 3.80. The fraction of sp³-hybridized carbons (Fsp3) is 0.500. The minimum Gasteiger partial charge on any atom is -0.399 e. The molecule has 1 amide bonds. The van der Waals surface area contributed by atoms with Crippen molar-refractivity contribution < 1.29 is 4.79 Å². The van der Waals surface area contributed by atoms with Gasteiger partial charge in [-0.2, -0.15) is 11.8 Å². The average molecular weight is 266 g/mol. The molecule has 0 bridgehead atoms. The highest BCUT2D eigenvalue weighted by Crippen LogP contribution is 2.16. The van der Waals surface area contributed by atoms with Crippen molar-refractivity contribution in [3.05, 3.63) is 24.3 Å². The van der Waals surface area contributed by atoms with Crippen LogP contribution in [0.25, 0.3) is 0 Å². The van der Waals surface area contributed by atoms with Crippen LogP contribution >= 0.6 is 11.8 Å². The number of thioether (sulfide) groups is 1. The number of hydrogen-bond acceptors (Lipinski definition) is 3.